The summed E-state index contributed by atoms with van der Waals surface area (Å²) < 4.78 is 0.0305. The van der Waals surface area contributed by atoms with Crippen LogP contribution in [0.25, 0.3) is 0 Å². The molecule has 0 radical (unpaired) electrons. The Hall–Kier alpha value is -1.61. The standard InChI is InChI=1S/C18H19N3S2/c22-18(23)21-13-11-20(12-14-21)17-5-3-15(4-6-17)1-2-16-7-9-19-10-8-16/h3-10,18,22-23H,11-14H2. The quantitative estimate of drug-likeness (QED) is 0.498. The Morgan fingerprint density at radius 1 is 0.826 bits per heavy atom. The number of hydrogen-bond donors (Lipinski definition) is 2. The van der Waals surface area contributed by atoms with Crippen LogP contribution in [0.15, 0.2) is 48.8 Å². The molecule has 3 rings (SSSR count). The van der Waals surface area contributed by atoms with E-state index in [9.17, 15) is 0 Å². The van der Waals surface area contributed by atoms with Crippen LogP contribution in [-0.2, 0) is 0 Å². The van der Waals surface area contributed by atoms with E-state index in [0.717, 1.165) is 37.3 Å². The second kappa shape index (κ2) is 7.78. The lowest BCUT2D eigenvalue weighted by Gasteiger charge is -2.37. The maximum Gasteiger partial charge on any atom is 0.0970 e. The topological polar surface area (TPSA) is 19.4 Å². The number of pyridine rings is 1. The largest absolute Gasteiger partial charge is 0.369 e. The Bertz CT molecular complexity index is 682. The van der Waals surface area contributed by atoms with E-state index in [1.54, 1.807) is 12.4 Å². The molecule has 0 bridgehead atoms. The molecule has 0 atom stereocenters. The smallest absolute Gasteiger partial charge is 0.0970 e. The first kappa shape index (κ1) is 16.3. The molecule has 1 fully saturated rings. The van der Waals surface area contributed by atoms with E-state index in [1.165, 1.54) is 5.69 Å². The molecule has 1 aromatic heterocycles. The highest BCUT2D eigenvalue weighted by Crippen LogP contribution is 2.19. The summed E-state index contributed by atoms with van der Waals surface area (Å²) in [5.74, 6) is 6.34. The third kappa shape index (κ3) is 4.44. The third-order valence-electron chi connectivity index (χ3n) is 3.90. The van der Waals surface area contributed by atoms with Gasteiger partial charge in [-0.25, -0.2) is 0 Å². The van der Waals surface area contributed by atoms with Crippen LogP contribution in [-0.4, -0.2) is 40.8 Å². The van der Waals surface area contributed by atoms with Crippen molar-refractivity contribution in [3.05, 3.63) is 59.9 Å². The van der Waals surface area contributed by atoms with E-state index in [1.807, 2.05) is 12.1 Å². The van der Waals surface area contributed by atoms with E-state index in [4.69, 9.17) is 0 Å². The van der Waals surface area contributed by atoms with E-state index in [2.05, 4.69) is 76.1 Å². The normalized spacial score (nSPS) is 15.3. The second-order valence-electron chi connectivity index (χ2n) is 5.40. The molecule has 0 spiro atoms. The molecule has 1 aromatic carbocycles. The van der Waals surface area contributed by atoms with Gasteiger partial charge >= 0.3 is 0 Å². The lowest BCUT2D eigenvalue weighted by atomic mass is 10.1. The van der Waals surface area contributed by atoms with Gasteiger partial charge in [0.15, 0.2) is 0 Å². The molecule has 1 saturated heterocycles. The number of rotatable bonds is 2. The lowest BCUT2D eigenvalue weighted by Crippen LogP contribution is -2.47. The number of nitrogens with zero attached hydrogens (tertiary/aromatic N) is 3. The summed E-state index contributed by atoms with van der Waals surface area (Å²) in [5.41, 5.74) is 3.25. The van der Waals surface area contributed by atoms with E-state index < -0.39 is 0 Å². The number of piperazine rings is 1. The van der Waals surface area contributed by atoms with Gasteiger partial charge in [-0.05, 0) is 36.4 Å². The van der Waals surface area contributed by atoms with Crippen LogP contribution in [0.3, 0.4) is 0 Å². The molecule has 0 aliphatic carbocycles. The molecule has 118 valence electrons. The van der Waals surface area contributed by atoms with Gasteiger partial charge in [0.25, 0.3) is 0 Å². The van der Waals surface area contributed by atoms with Gasteiger partial charge in [-0.1, -0.05) is 11.8 Å². The molecular weight excluding hydrogens is 322 g/mol. The fraction of sp³-hybridized carbons (Fsp3) is 0.278. The molecule has 1 aliphatic heterocycles. The van der Waals surface area contributed by atoms with Crippen LogP contribution in [0.4, 0.5) is 5.69 Å². The predicted molar refractivity (Wildman–Crippen MR) is 102 cm³/mol. The highest BCUT2D eigenvalue weighted by molar-refractivity contribution is 7.99. The van der Waals surface area contributed by atoms with Crippen molar-refractivity contribution in [1.29, 1.82) is 0 Å². The van der Waals surface area contributed by atoms with Gasteiger partial charge in [0.1, 0.15) is 0 Å². The van der Waals surface area contributed by atoms with Crippen molar-refractivity contribution in [2.45, 2.75) is 4.71 Å². The van der Waals surface area contributed by atoms with Crippen molar-refractivity contribution in [2.24, 2.45) is 0 Å². The second-order valence-corrected chi connectivity index (χ2v) is 6.79. The average Bonchev–Trinajstić information content (AvgIpc) is 2.61. The summed E-state index contributed by atoms with van der Waals surface area (Å²) in [5, 5.41) is 0. The monoisotopic (exact) mass is 341 g/mol. The van der Waals surface area contributed by atoms with Crippen molar-refractivity contribution in [2.75, 3.05) is 31.1 Å². The minimum absolute atomic E-state index is 0.0305. The molecule has 0 N–H and O–H groups in total. The number of anilines is 1. The minimum atomic E-state index is 0.0305. The van der Waals surface area contributed by atoms with Crippen LogP contribution in [0.1, 0.15) is 11.1 Å². The van der Waals surface area contributed by atoms with E-state index >= 15 is 0 Å². The first-order valence-corrected chi connectivity index (χ1v) is 8.63. The fourth-order valence-corrected chi connectivity index (χ4v) is 3.01. The van der Waals surface area contributed by atoms with Crippen molar-refractivity contribution >= 4 is 30.9 Å². The van der Waals surface area contributed by atoms with Crippen LogP contribution in [0, 0.1) is 11.8 Å². The summed E-state index contributed by atoms with van der Waals surface area (Å²) in [6, 6.07) is 12.3. The first-order valence-electron chi connectivity index (χ1n) is 7.59. The van der Waals surface area contributed by atoms with E-state index in [-0.39, 0.29) is 4.71 Å². The molecule has 2 heterocycles. The molecule has 23 heavy (non-hydrogen) atoms. The third-order valence-corrected chi connectivity index (χ3v) is 4.56. The Morgan fingerprint density at radius 3 is 1.96 bits per heavy atom. The van der Waals surface area contributed by atoms with Crippen LogP contribution in [0.5, 0.6) is 0 Å². The zero-order chi connectivity index (χ0) is 16.1. The predicted octanol–water partition coefficient (Wildman–Crippen LogP) is 2.75. The zero-order valence-electron chi connectivity index (χ0n) is 12.8. The number of aromatic nitrogens is 1. The van der Waals surface area contributed by atoms with Crippen molar-refractivity contribution in [3.8, 4) is 11.8 Å². The van der Waals surface area contributed by atoms with Gasteiger partial charge in [-0.15, -0.1) is 25.3 Å². The Labute approximate surface area is 148 Å². The number of thiol groups is 2. The summed E-state index contributed by atoms with van der Waals surface area (Å²) in [7, 11) is 0. The maximum atomic E-state index is 4.38. The maximum absolute atomic E-state index is 4.38. The molecule has 2 aromatic rings. The van der Waals surface area contributed by atoms with Gasteiger partial charge < -0.3 is 4.90 Å². The molecule has 1 aliphatic rings. The molecule has 0 saturated carbocycles. The van der Waals surface area contributed by atoms with Gasteiger partial charge in [0, 0.05) is 55.4 Å². The number of benzene rings is 1. The molecular formula is C18H19N3S2. The summed E-state index contributed by atoms with van der Waals surface area (Å²) in [6.45, 7) is 3.97. The van der Waals surface area contributed by atoms with Crippen molar-refractivity contribution in [1.82, 2.24) is 9.88 Å². The highest BCUT2D eigenvalue weighted by Gasteiger charge is 2.19. The van der Waals surface area contributed by atoms with E-state index in [0.29, 0.717) is 0 Å². The Kier molecular flexibility index (Phi) is 5.50. The molecule has 0 unspecified atom stereocenters. The average molecular weight is 342 g/mol. The highest BCUT2D eigenvalue weighted by atomic mass is 32.2. The van der Waals surface area contributed by atoms with Gasteiger partial charge in [0.05, 0.1) is 4.71 Å². The molecule has 0 amide bonds. The summed E-state index contributed by atoms with van der Waals surface area (Å²) in [4.78, 5) is 8.64. The van der Waals surface area contributed by atoms with Crippen molar-refractivity contribution in [3.63, 3.8) is 0 Å². The molecule has 5 heteroatoms. The van der Waals surface area contributed by atoms with Crippen LogP contribution < -0.4 is 4.90 Å². The van der Waals surface area contributed by atoms with Gasteiger partial charge in [0.2, 0.25) is 0 Å². The zero-order valence-corrected chi connectivity index (χ0v) is 14.5. The summed E-state index contributed by atoms with van der Waals surface area (Å²) >= 11 is 8.75. The fourth-order valence-electron chi connectivity index (χ4n) is 2.55. The Morgan fingerprint density at radius 2 is 1.39 bits per heavy atom. The molecule has 3 nitrogen and oxygen atoms in total. The minimum Gasteiger partial charge on any atom is -0.369 e. The lowest BCUT2D eigenvalue weighted by molar-refractivity contribution is 0.287. The van der Waals surface area contributed by atoms with Crippen LogP contribution >= 0.6 is 25.3 Å². The SMILES string of the molecule is SC(S)N1CCN(c2ccc(C#Cc3ccncc3)cc2)CC1. The van der Waals surface area contributed by atoms with Gasteiger partial charge in [-0.3, -0.25) is 9.88 Å². The Balaban J connectivity index is 1.63. The number of hydrogen-bond acceptors (Lipinski definition) is 5. The van der Waals surface area contributed by atoms with Crippen LogP contribution in [0.2, 0.25) is 0 Å². The van der Waals surface area contributed by atoms with Crippen molar-refractivity contribution < 1.29 is 0 Å². The van der Waals surface area contributed by atoms with Gasteiger partial charge in [-0.2, -0.15) is 0 Å². The first-order chi connectivity index (χ1) is 11.2. The summed E-state index contributed by atoms with van der Waals surface area (Å²) in [6.07, 6.45) is 3.51.